The van der Waals surface area contributed by atoms with Crippen LogP contribution in [0, 0.1) is 20.8 Å². The zero-order valence-corrected chi connectivity index (χ0v) is 15.2. The van der Waals surface area contributed by atoms with Crippen LogP contribution in [-0.4, -0.2) is 15.9 Å². The van der Waals surface area contributed by atoms with E-state index in [1.165, 1.54) is 5.56 Å². The number of carbonyl (C=O) groups excluding carboxylic acids is 1. The van der Waals surface area contributed by atoms with Crippen molar-refractivity contribution < 1.29 is 4.79 Å². The van der Waals surface area contributed by atoms with Crippen molar-refractivity contribution in [2.75, 3.05) is 10.6 Å². The fourth-order valence-corrected chi connectivity index (χ4v) is 2.69. The molecular weight excluding hydrogens is 324 g/mol. The van der Waals surface area contributed by atoms with Gasteiger partial charge in [0.25, 0.3) is 5.91 Å². The summed E-state index contributed by atoms with van der Waals surface area (Å²) in [5.41, 5.74) is 4.49. The second-order valence-electron chi connectivity index (χ2n) is 6.30. The highest BCUT2D eigenvalue weighted by Crippen LogP contribution is 2.16. The first-order valence-electron chi connectivity index (χ1n) is 8.53. The highest BCUT2D eigenvalue weighted by atomic mass is 16.1. The Labute approximate surface area is 153 Å². The molecule has 26 heavy (non-hydrogen) atoms. The first kappa shape index (κ1) is 17.6. The van der Waals surface area contributed by atoms with E-state index in [4.69, 9.17) is 0 Å². The molecule has 0 unspecified atom stereocenters. The quantitative estimate of drug-likeness (QED) is 0.724. The molecule has 0 atom stereocenters. The van der Waals surface area contributed by atoms with Crippen LogP contribution in [-0.2, 0) is 6.54 Å². The van der Waals surface area contributed by atoms with Gasteiger partial charge in [0.2, 0.25) is 0 Å². The van der Waals surface area contributed by atoms with Crippen LogP contribution in [0.2, 0.25) is 0 Å². The lowest BCUT2D eigenvalue weighted by atomic mass is 10.1. The second-order valence-corrected chi connectivity index (χ2v) is 6.30. The fourth-order valence-electron chi connectivity index (χ4n) is 2.69. The number of nitrogens with one attached hydrogen (secondary N) is 2. The van der Waals surface area contributed by atoms with Crippen LogP contribution in [0.3, 0.4) is 0 Å². The molecule has 3 rings (SSSR count). The summed E-state index contributed by atoms with van der Waals surface area (Å²) in [7, 11) is 0. The molecule has 0 spiro atoms. The molecule has 0 aliphatic heterocycles. The number of rotatable bonds is 5. The number of nitrogens with zero attached hydrogens (tertiary/aromatic N) is 2. The zero-order chi connectivity index (χ0) is 18.5. The van der Waals surface area contributed by atoms with E-state index in [2.05, 4.69) is 45.7 Å². The number of carbonyl (C=O) groups is 1. The molecule has 2 aromatic carbocycles. The zero-order valence-electron chi connectivity index (χ0n) is 15.2. The van der Waals surface area contributed by atoms with Crippen LogP contribution in [0.5, 0.6) is 0 Å². The molecule has 3 aromatic rings. The van der Waals surface area contributed by atoms with Gasteiger partial charge in [0.1, 0.15) is 17.3 Å². The van der Waals surface area contributed by atoms with Gasteiger partial charge in [0.15, 0.2) is 0 Å². The SMILES string of the molecule is Cc1cccc(CNc2cc(C(=O)Nc3ccccc3C)nc(C)n2)c1. The van der Waals surface area contributed by atoms with Gasteiger partial charge in [-0.2, -0.15) is 0 Å². The number of benzene rings is 2. The highest BCUT2D eigenvalue weighted by molar-refractivity contribution is 6.03. The lowest BCUT2D eigenvalue weighted by Crippen LogP contribution is -2.16. The van der Waals surface area contributed by atoms with Gasteiger partial charge in [0.05, 0.1) is 0 Å². The predicted octanol–water partition coefficient (Wildman–Crippen LogP) is 4.27. The second kappa shape index (κ2) is 7.78. The molecule has 132 valence electrons. The van der Waals surface area contributed by atoms with Gasteiger partial charge in [-0.15, -0.1) is 0 Å². The molecule has 0 saturated carbocycles. The Hall–Kier alpha value is -3.21. The van der Waals surface area contributed by atoms with Crippen LogP contribution in [0.15, 0.2) is 54.6 Å². The summed E-state index contributed by atoms with van der Waals surface area (Å²) in [5, 5.41) is 6.17. The maximum absolute atomic E-state index is 12.6. The van der Waals surface area contributed by atoms with Crippen molar-refractivity contribution >= 4 is 17.4 Å². The number of hydrogen-bond acceptors (Lipinski definition) is 4. The van der Waals surface area contributed by atoms with Crippen LogP contribution in [0.4, 0.5) is 11.5 Å². The van der Waals surface area contributed by atoms with Gasteiger partial charge in [0, 0.05) is 18.3 Å². The average Bonchev–Trinajstić information content (AvgIpc) is 2.61. The third kappa shape index (κ3) is 4.45. The third-order valence-corrected chi connectivity index (χ3v) is 4.02. The van der Waals surface area contributed by atoms with Gasteiger partial charge in [-0.3, -0.25) is 4.79 Å². The van der Waals surface area contributed by atoms with Crippen molar-refractivity contribution in [3.05, 3.63) is 82.8 Å². The maximum atomic E-state index is 12.6. The van der Waals surface area contributed by atoms with Crippen molar-refractivity contribution in [3.63, 3.8) is 0 Å². The minimum absolute atomic E-state index is 0.247. The summed E-state index contributed by atoms with van der Waals surface area (Å²) in [5.74, 6) is 0.937. The van der Waals surface area contributed by atoms with E-state index in [9.17, 15) is 4.79 Å². The van der Waals surface area contributed by atoms with Gasteiger partial charge in [-0.1, -0.05) is 48.0 Å². The van der Waals surface area contributed by atoms with Crippen LogP contribution < -0.4 is 10.6 Å². The van der Waals surface area contributed by atoms with Crippen molar-refractivity contribution in [1.29, 1.82) is 0 Å². The molecular formula is C21H22N4O. The van der Waals surface area contributed by atoms with E-state index in [0.29, 0.717) is 23.9 Å². The standard InChI is InChI=1S/C21H22N4O/c1-14-7-6-9-17(11-14)13-22-20-12-19(23-16(3)24-20)21(26)25-18-10-5-4-8-15(18)2/h4-12H,13H2,1-3H3,(H,25,26)(H,22,23,24). The Morgan fingerprint density at radius 2 is 1.77 bits per heavy atom. The molecule has 0 saturated heterocycles. The van der Waals surface area contributed by atoms with Crippen molar-refractivity contribution in [1.82, 2.24) is 9.97 Å². The lowest BCUT2D eigenvalue weighted by Gasteiger charge is -2.10. The Morgan fingerprint density at radius 3 is 2.54 bits per heavy atom. The molecule has 0 bridgehead atoms. The number of aryl methyl sites for hydroxylation is 3. The van der Waals surface area contributed by atoms with E-state index < -0.39 is 0 Å². The summed E-state index contributed by atoms with van der Waals surface area (Å²) >= 11 is 0. The number of hydrogen-bond donors (Lipinski definition) is 2. The number of anilines is 2. The van der Waals surface area contributed by atoms with E-state index in [1.54, 1.807) is 13.0 Å². The molecule has 1 heterocycles. The summed E-state index contributed by atoms with van der Waals surface area (Å²) in [6, 6.07) is 17.6. The van der Waals surface area contributed by atoms with Crippen LogP contribution >= 0.6 is 0 Å². The molecule has 0 fully saturated rings. The smallest absolute Gasteiger partial charge is 0.274 e. The third-order valence-electron chi connectivity index (χ3n) is 4.02. The topological polar surface area (TPSA) is 66.9 Å². The van der Waals surface area contributed by atoms with Crippen molar-refractivity contribution in [3.8, 4) is 0 Å². The van der Waals surface area contributed by atoms with E-state index >= 15 is 0 Å². The first-order chi connectivity index (χ1) is 12.5. The van der Waals surface area contributed by atoms with E-state index in [1.807, 2.05) is 37.3 Å². The molecule has 0 radical (unpaired) electrons. The average molecular weight is 346 g/mol. The molecule has 1 amide bonds. The maximum Gasteiger partial charge on any atom is 0.274 e. The Morgan fingerprint density at radius 1 is 0.962 bits per heavy atom. The highest BCUT2D eigenvalue weighted by Gasteiger charge is 2.12. The minimum Gasteiger partial charge on any atom is -0.366 e. The van der Waals surface area contributed by atoms with Gasteiger partial charge in [-0.25, -0.2) is 9.97 Å². The largest absolute Gasteiger partial charge is 0.366 e. The van der Waals surface area contributed by atoms with Crippen LogP contribution in [0.25, 0.3) is 0 Å². The van der Waals surface area contributed by atoms with E-state index in [0.717, 1.165) is 16.8 Å². The lowest BCUT2D eigenvalue weighted by molar-refractivity contribution is 0.102. The number of para-hydroxylation sites is 1. The molecule has 0 aliphatic rings. The predicted molar refractivity (Wildman–Crippen MR) is 104 cm³/mol. The molecule has 2 N–H and O–H groups in total. The van der Waals surface area contributed by atoms with Gasteiger partial charge < -0.3 is 10.6 Å². The molecule has 5 nitrogen and oxygen atoms in total. The van der Waals surface area contributed by atoms with E-state index in [-0.39, 0.29) is 5.91 Å². The fraction of sp³-hybridized carbons (Fsp3) is 0.190. The van der Waals surface area contributed by atoms with Gasteiger partial charge >= 0.3 is 0 Å². The normalized spacial score (nSPS) is 10.4. The Balaban J connectivity index is 1.74. The number of aromatic nitrogens is 2. The minimum atomic E-state index is -0.247. The molecule has 0 aliphatic carbocycles. The first-order valence-corrected chi connectivity index (χ1v) is 8.53. The van der Waals surface area contributed by atoms with Gasteiger partial charge in [-0.05, 0) is 38.0 Å². The monoisotopic (exact) mass is 346 g/mol. The van der Waals surface area contributed by atoms with Crippen LogP contribution in [0.1, 0.15) is 33.0 Å². The summed E-state index contributed by atoms with van der Waals surface area (Å²) in [6.45, 7) is 6.43. The van der Waals surface area contributed by atoms with Crippen molar-refractivity contribution in [2.45, 2.75) is 27.3 Å². The Bertz CT molecular complexity index is 937. The molecule has 5 heteroatoms. The summed E-state index contributed by atoms with van der Waals surface area (Å²) < 4.78 is 0. The Kier molecular flexibility index (Phi) is 5.27. The summed E-state index contributed by atoms with van der Waals surface area (Å²) in [6.07, 6.45) is 0. The van der Waals surface area contributed by atoms with Crippen molar-refractivity contribution in [2.24, 2.45) is 0 Å². The number of amides is 1. The molecule has 1 aromatic heterocycles. The summed E-state index contributed by atoms with van der Waals surface area (Å²) in [4.78, 5) is 21.2.